The van der Waals surface area contributed by atoms with Crippen molar-refractivity contribution in [2.24, 2.45) is 0 Å². The van der Waals surface area contributed by atoms with Crippen molar-refractivity contribution < 1.29 is 8.42 Å². The first-order chi connectivity index (χ1) is 7.97. The van der Waals surface area contributed by atoms with Gasteiger partial charge in [0.2, 0.25) is 10.0 Å². The summed E-state index contributed by atoms with van der Waals surface area (Å²) in [6, 6.07) is 6.13. The Kier molecular flexibility index (Phi) is 4.10. The molecule has 0 spiro atoms. The maximum Gasteiger partial charge on any atom is 0.244 e. The van der Waals surface area contributed by atoms with Crippen molar-refractivity contribution in [2.45, 2.75) is 18.7 Å². The molecule has 1 aromatic carbocycles. The van der Waals surface area contributed by atoms with Crippen LogP contribution in [0.5, 0.6) is 0 Å². The van der Waals surface area contributed by atoms with Crippen LogP contribution in [-0.4, -0.2) is 25.8 Å². The monoisotopic (exact) mass is 253 g/mol. The van der Waals surface area contributed by atoms with Gasteiger partial charge < -0.3 is 5.73 Å². The van der Waals surface area contributed by atoms with Gasteiger partial charge >= 0.3 is 0 Å². The van der Waals surface area contributed by atoms with Gasteiger partial charge in [0, 0.05) is 18.8 Å². The summed E-state index contributed by atoms with van der Waals surface area (Å²) >= 11 is 0. The van der Waals surface area contributed by atoms with E-state index in [2.05, 4.69) is 0 Å². The molecule has 0 aromatic heterocycles. The van der Waals surface area contributed by atoms with Gasteiger partial charge in [0.1, 0.15) is 11.0 Å². The predicted molar refractivity (Wildman–Crippen MR) is 65.7 cm³/mol. The largest absolute Gasteiger partial charge is 0.399 e. The Morgan fingerprint density at radius 3 is 2.41 bits per heavy atom. The van der Waals surface area contributed by atoms with Crippen LogP contribution in [0.25, 0.3) is 0 Å². The molecule has 1 aromatic rings. The number of rotatable bonds is 4. The van der Waals surface area contributed by atoms with Crippen molar-refractivity contribution >= 4 is 15.7 Å². The Morgan fingerprint density at radius 1 is 1.35 bits per heavy atom. The summed E-state index contributed by atoms with van der Waals surface area (Å²) in [6.45, 7) is 4.22. The molecule has 0 aliphatic carbocycles. The van der Waals surface area contributed by atoms with Crippen molar-refractivity contribution in [1.29, 1.82) is 5.26 Å². The van der Waals surface area contributed by atoms with Gasteiger partial charge in [-0.1, -0.05) is 13.8 Å². The lowest BCUT2D eigenvalue weighted by Gasteiger charge is -2.19. The lowest BCUT2D eigenvalue weighted by atomic mass is 10.2. The van der Waals surface area contributed by atoms with Crippen molar-refractivity contribution in [3.63, 3.8) is 0 Å². The lowest BCUT2D eigenvalue weighted by molar-refractivity contribution is 0.445. The first-order valence-corrected chi connectivity index (χ1v) is 6.71. The minimum Gasteiger partial charge on any atom is -0.399 e. The van der Waals surface area contributed by atoms with Crippen LogP contribution in [0.15, 0.2) is 23.1 Å². The van der Waals surface area contributed by atoms with E-state index in [0.717, 1.165) is 0 Å². The van der Waals surface area contributed by atoms with Crippen molar-refractivity contribution in [3.8, 4) is 6.07 Å². The molecule has 0 bridgehead atoms. The van der Waals surface area contributed by atoms with Gasteiger partial charge in [-0.15, -0.1) is 0 Å². The van der Waals surface area contributed by atoms with E-state index in [1.54, 1.807) is 13.8 Å². The molecule has 0 saturated carbocycles. The lowest BCUT2D eigenvalue weighted by Crippen LogP contribution is -2.31. The van der Waals surface area contributed by atoms with E-state index in [1.165, 1.54) is 22.5 Å². The molecule has 0 radical (unpaired) electrons. The van der Waals surface area contributed by atoms with Crippen LogP contribution < -0.4 is 5.73 Å². The van der Waals surface area contributed by atoms with Gasteiger partial charge in [-0.05, 0) is 18.2 Å². The number of anilines is 1. The van der Waals surface area contributed by atoms with E-state index in [4.69, 9.17) is 11.0 Å². The standard InChI is InChI=1S/C11H15N3O2S/c1-3-14(4-2)17(15,16)11-7-10(13)6-5-9(11)8-12/h5-7H,3-4,13H2,1-2H3. The van der Waals surface area contributed by atoms with Gasteiger partial charge in [0.25, 0.3) is 0 Å². The molecule has 5 nitrogen and oxygen atoms in total. The fraction of sp³-hybridized carbons (Fsp3) is 0.364. The summed E-state index contributed by atoms with van der Waals surface area (Å²) in [6.07, 6.45) is 0. The maximum atomic E-state index is 12.2. The first-order valence-electron chi connectivity index (χ1n) is 5.27. The van der Waals surface area contributed by atoms with Crippen LogP contribution in [0.2, 0.25) is 0 Å². The van der Waals surface area contributed by atoms with Gasteiger partial charge in [-0.3, -0.25) is 0 Å². The molecule has 0 fully saturated rings. The number of sulfonamides is 1. The molecule has 92 valence electrons. The molecule has 0 atom stereocenters. The minimum atomic E-state index is -3.64. The fourth-order valence-electron chi connectivity index (χ4n) is 1.55. The van der Waals surface area contributed by atoms with Gasteiger partial charge in [-0.25, -0.2) is 8.42 Å². The Bertz CT molecular complexity index is 542. The van der Waals surface area contributed by atoms with E-state index in [0.29, 0.717) is 18.8 Å². The highest BCUT2D eigenvalue weighted by molar-refractivity contribution is 7.89. The van der Waals surface area contributed by atoms with Crippen LogP contribution in [0.1, 0.15) is 19.4 Å². The molecule has 2 N–H and O–H groups in total. The molecule has 1 rings (SSSR count). The number of hydrogen-bond acceptors (Lipinski definition) is 4. The highest BCUT2D eigenvalue weighted by Gasteiger charge is 2.24. The van der Waals surface area contributed by atoms with Crippen molar-refractivity contribution in [3.05, 3.63) is 23.8 Å². The SMILES string of the molecule is CCN(CC)S(=O)(=O)c1cc(N)ccc1C#N. The zero-order valence-electron chi connectivity index (χ0n) is 9.84. The Labute approximate surface area is 102 Å². The quantitative estimate of drug-likeness (QED) is 0.816. The minimum absolute atomic E-state index is 0.0244. The highest BCUT2D eigenvalue weighted by Crippen LogP contribution is 2.22. The molecule has 0 aliphatic rings. The Balaban J connectivity index is 3.43. The van der Waals surface area contributed by atoms with E-state index < -0.39 is 10.0 Å². The third-order valence-electron chi connectivity index (χ3n) is 2.45. The summed E-state index contributed by atoms with van der Waals surface area (Å²) < 4.78 is 25.8. The molecule has 0 aliphatic heterocycles. The number of nitrogen functional groups attached to an aromatic ring is 1. The van der Waals surface area contributed by atoms with Gasteiger partial charge in [-0.2, -0.15) is 9.57 Å². The van der Waals surface area contributed by atoms with Crippen LogP contribution in [0, 0.1) is 11.3 Å². The smallest absolute Gasteiger partial charge is 0.244 e. The summed E-state index contributed by atoms with van der Waals surface area (Å²) in [5.41, 5.74) is 6.01. The Morgan fingerprint density at radius 2 is 1.94 bits per heavy atom. The normalized spacial score (nSPS) is 11.4. The highest BCUT2D eigenvalue weighted by atomic mass is 32.2. The summed E-state index contributed by atoms with van der Waals surface area (Å²) in [5, 5.41) is 8.93. The fourth-order valence-corrected chi connectivity index (χ4v) is 3.18. The molecule has 0 amide bonds. The van der Waals surface area contributed by atoms with Crippen molar-refractivity contribution in [1.82, 2.24) is 4.31 Å². The van der Waals surface area contributed by atoms with E-state index in [9.17, 15) is 8.42 Å². The third kappa shape index (κ3) is 2.57. The molecule has 0 unspecified atom stereocenters. The topological polar surface area (TPSA) is 87.2 Å². The van der Waals surface area contributed by atoms with E-state index in [-0.39, 0.29) is 10.5 Å². The zero-order valence-corrected chi connectivity index (χ0v) is 10.7. The number of nitriles is 1. The number of benzene rings is 1. The maximum absolute atomic E-state index is 12.2. The average molecular weight is 253 g/mol. The number of nitrogens with two attached hydrogens (primary N) is 1. The van der Waals surface area contributed by atoms with Crippen LogP contribution in [0.4, 0.5) is 5.69 Å². The summed E-state index contributed by atoms with van der Waals surface area (Å²) in [7, 11) is -3.64. The average Bonchev–Trinajstić information content (AvgIpc) is 2.30. The molecular weight excluding hydrogens is 238 g/mol. The zero-order chi connectivity index (χ0) is 13.1. The molecule has 0 heterocycles. The second-order valence-corrected chi connectivity index (χ2v) is 5.36. The van der Waals surface area contributed by atoms with Crippen molar-refractivity contribution in [2.75, 3.05) is 18.8 Å². The Hall–Kier alpha value is -1.58. The molecular formula is C11H15N3O2S. The third-order valence-corrected chi connectivity index (χ3v) is 4.54. The second kappa shape index (κ2) is 5.17. The van der Waals surface area contributed by atoms with E-state index in [1.807, 2.05) is 6.07 Å². The first kappa shape index (κ1) is 13.5. The molecule has 17 heavy (non-hydrogen) atoms. The number of nitrogens with zero attached hydrogens (tertiary/aromatic N) is 2. The summed E-state index contributed by atoms with van der Waals surface area (Å²) in [4.78, 5) is -0.0244. The van der Waals surface area contributed by atoms with Gasteiger partial charge in [0.05, 0.1) is 5.56 Å². The van der Waals surface area contributed by atoms with Gasteiger partial charge in [0.15, 0.2) is 0 Å². The van der Waals surface area contributed by atoms with Crippen LogP contribution >= 0.6 is 0 Å². The van der Waals surface area contributed by atoms with E-state index >= 15 is 0 Å². The van der Waals surface area contributed by atoms with Crippen LogP contribution in [0.3, 0.4) is 0 Å². The van der Waals surface area contributed by atoms with Crippen LogP contribution in [-0.2, 0) is 10.0 Å². The summed E-state index contributed by atoms with van der Waals surface area (Å²) in [5.74, 6) is 0. The molecule has 6 heteroatoms. The predicted octanol–water partition coefficient (Wildman–Crippen LogP) is 1.17. The number of hydrogen-bond donors (Lipinski definition) is 1. The second-order valence-electron chi connectivity index (χ2n) is 3.46. The molecule has 0 saturated heterocycles.